The zero-order valence-electron chi connectivity index (χ0n) is 4.88. The standard InChI is InChI=1S/C4H2F6O/c1-2(5)3(6,7)11-4(8,9)10/h1H2. The number of hydrogen-bond acceptors (Lipinski definition) is 1. The molecule has 0 saturated heterocycles. The Bertz CT molecular complexity index is 158. The van der Waals surface area contributed by atoms with Crippen LogP contribution in [0.5, 0.6) is 0 Å². The van der Waals surface area contributed by atoms with E-state index in [1.54, 1.807) is 0 Å². The zero-order chi connectivity index (χ0) is 9.28. The third kappa shape index (κ3) is 3.87. The molecular formula is C4H2F6O. The van der Waals surface area contributed by atoms with Gasteiger partial charge in [-0.2, -0.15) is 8.78 Å². The van der Waals surface area contributed by atoms with Gasteiger partial charge in [-0.1, -0.05) is 6.58 Å². The molecule has 0 aromatic rings. The van der Waals surface area contributed by atoms with Crippen LogP contribution < -0.4 is 0 Å². The molecule has 0 amide bonds. The Kier molecular flexibility index (Phi) is 2.55. The highest BCUT2D eigenvalue weighted by atomic mass is 19.4. The molecule has 0 aromatic heterocycles. The Morgan fingerprint density at radius 1 is 1.09 bits per heavy atom. The van der Waals surface area contributed by atoms with Crippen LogP contribution in [-0.4, -0.2) is 12.5 Å². The van der Waals surface area contributed by atoms with Crippen molar-refractivity contribution in [2.45, 2.75) is 12.5 Å². The van der Waals surface area contributed by atoms with Gasteiger partial charge in [-0.3, -0.25) is 0 Å². The van der Waals surface area contributed by atoms with E-state index < -0.39 is 18.3 Å². The van der Waals surface area contributed by atoms with Gasteiger partial charge in [0.1, 0.15) is 0 Å². The Hall–Kier alpha value is -0.720. The van der Waals surface area contributed by atoms with Gasteiger partial charge in [0, 0.05) is 0 Å². The van der Waals surface area contributed by atoms with Crippen LogP contribution in [0.25, 0.3) is 0 Å². The fourth-order valence-electron chi connectivity index (χ4n) is 0.201. The van der Waals surface area contributed by atoms with E-state index in [-0.39, 0.29) is 0 Å². The maximum absolute atomic E-state index is 11.6. The van der Waals surface area contributed by atoms with Crippen molar-refractivity contribution in [3.63, 3.8) is 0 Å². The minimum Gasteiger partial charge on any atom is -0.220 e. The molecule has 0 rings (SSSR count). The molecule has 0 aliphatic carbocycles. The van der Waals surface area contributed by atoms with Crippen molar-refractivity contribution >= 4 is 0 Å². The van der Waals surface area contributed by atoms with E-state index in [1.165, 1.54) is 0 Å². The molecule has 7 heteroatoms. The maximum Gasteiger partial charge on any atom is 0.527 e. The first-order chi connectivity index (χ1) is 4.65. The molecule has 0 bridgehead atoms. The molecule has 0 unspecified atom stereocenters. The summed E-state index contributed by atoms with van der Waals surface area (Å²) >= 11 is 0. The van der Waals surface area contributed by atoms with E-state index in [4.69, 9.17) is 0 Å². The molecule has 0 aliphatic heterocycles. The highest BCUT2D eigenvalue weighted by Gasteiger charge is 2.47. The summed E-state index contributed by atoms with van der Waals surface area (Å²) in [6, 6.07) is 0. The molecule has 0 heterocycles. The van der Waals surface area contributed by atoms with Crippen molar-refractivity contribution in [1.29, 1.82) is 0 Å². The number of rotatable bonds is 2. The zero-order valence-corrected chi connectivity index (χ0v) is 4.88. The molecule has 0 aliphatic rings. The number of ether oxygens (including phenoxy) is 1. The molecule has 0 fully saturated rings. The Morgan fingerprint density at radius 2 is 1.45 bits per heavy atom. The summed E-state index contributed by atoms with van der Waals surface area (Å²) in [5.41, 5.74) is 0. The van der Waals surface area contributed by atoms with Crippen molar-refractivity contribution < 1.29 is 31.1 Å². The van der Waals surface area contributed by atoms with Crippen molar-refractivity contribution in [1.82, 2.24) is 0 Å². The Labute approximate surface area is 57.3 Å². The van der Waals surface area contributed by atoms with Crippen LogP contribution in [-0.2, 0) is 4.74 Å². The summed E-state index contributed by atoms with van der Waals surface area (Å²) in [5, 5.41) is 0. The molecule has 0 radical (unpaired) electrons. The van der Waals surface area contributed by atoms with E-state index in [1.807, 2.05) is 6.58 Å². The van der Waals surface area contributed by atoms with Gasteiger partial charge in [-0.15, -0.1) is 13.2 Å². The van der Waals surface area contributed by atoms with Crippen molar-refractivity contribution in [3.05, 3.63) is 12.4 Å². The van der Waals surface area contributed by atoms with Gasteiger partial charge in [0.15, 0.2) is 5.83 Å². The normalized spacial score (nSPS) is 13.3. The first-order valence-corrected chi connectivity index (χ1v) is 2.15. The molecule has 0 N–H and O–H groups in total. The second kappa shape index (κ2) is 2.72. The SMILES string of the molecule is C=C(F)C(F)(F)OC(F)(F)F. The second-order valence-electron chi connectivity index (χ2n) is 1.47. The van der Waals surface area contributed by atoms with Gasteiger partial charge in [0.2, 0.25) is 0 Å². The third-order valence-corrected chi connectivity index (χ3v) is 0.560. The highest BCUT2D eigenvalue weighted by molar-refractivity contribution is 4.90. The topological polar surface area (TPSA) is 9.23 Å². The molecule has 0 saturated carbocycles. The van der Waals surface area contributed by atoms with Crippen LogP contribution in [0.4, 0.5) is 26.3 Å². The average Bonchev–Trinajstić information content (AvgIpc) is 1.56. The molecule has 0 aromatic carbocycles. The largest absolute Gasteiger partial charge is 0.527 e. The summed E-state index contributed by atoms with van der Waals surface area (Å²) in [6.45, 7) is 1.97. The Balaban J connectivity index is 4.25. The Morgan fingerprint density at radius 3 is 1.55 bits per heavy atom. The minimum absolute atomic E-state index is 1.97. The van der Waals surface area contributed by atoms with E-state index in [0.717, 1.165) is 0 Å². The minimum atomic E-state index is -5.58. The predicted octanol–water partition coefficient (Wildman–Crippen LogP) is 2.60. The van der Waals surface area contributed by atoms with Crippen LogP contribution in [0.2, 0.25) is 0 Å². The summed E-state index contributed by atoms with van der Waals surface area (Å²) in [4.78, 5) is 0. The molecule has 0 atom stereocenters. The van der Waals surface area contributed by atoms with Crippen LogP contribution in [0.1, 0.15) is 0 Å². The quantitative estimate of drug-likeness (QED) is 0.593. The molecular weight excluding hydrogens is 178 g/mol. The van der Waals surface area contributed by atoms with Crippen LogP contribution in [0, 0.1) is 0 Å². The van der Waals surface area contributed by atoms with Crippen LogP contribution >= 0.6 is 0 Å². The monoisotopic (exact) mass is 180 g/mol. The lowest BCUT2D eigenvalue weighted by Crippen LogP contribution is -2.29. The summed E-state index contributed by atoms with van der Waals surface area (Å²) in [6.07, 6.45) is -10.6. The van der Waals surface area contributed by atoms with Crippen LogP contribution in [0.15, 0.2) is 12.4 Å². The van der Waals surface area contributed by atoms with E-state index >= 15 is 0 Å². The fourth-order valence-corrected chi connectivity index (χ4v) is 0.201. The van der Waals surface area contributed by atoms with E-state index in [0.29, 0.717) is 0 Å². The molecule has 11 heavy (non-hydrogen) atoms. The molecule has 66 valence electrons. The smallest absolute Gasteiger partial charge is 0.220 e. The molecule has 1 nitrogen and oxygen atoms in total. The highest BCUT2D eigenvalue weighted by Crippen LogP contribution is 2.32. The third-order valence-electron chi connectivity index (χ3n) is 0.560. The summed E-state index contributed by atoms with van der Waals surface area (Å²) < 4.78 is 69.8. The van der Waals surface area contributed by atoms with Crippen LogP contribution in [0.3, 0.4) is 0 Å². The van der Waals surface area contributed by atoms with Gasteiger partial charge in [-0.25, -0.2) is 9.13 Å². The van der Waals surface area contributed by atoms with E-state index in [9.17, 15) is 26.3 Å². The lowest BCUT2D eigenvalue weighted by molar-refractivity contribution is -0.416. The van der Waals surface area contributed by atoms with Gasteiger partial charge in [0.05, 0.1) is 0 Å². The first-order valence-electron chi connectivity index (χ1n) is 2.15. The van der Waals surface area contributed by atoms with Gasteiger partial charge >= 0.3 is 12.5 Å². The number of halogens is 6. The lowest BCUT2D eigenvalue weighted by atomic mass is 10.6. The predicted molar refractivity (Wildman–Crippen MR) is 22.3 cm³/mol. The lowest BCUT2D eigenvalue weighted by Gasteiger charge is -2.15. The summed E-state index contributed by atoms with van der Waals surface area (Å²) in [7, 11) is 0. The fraction of sp³-hybridized carbons (Fsp3) is 0.500. The average molecular weight is 180 g/mol. The van der Waals surface area contributed by atoms with Crippen molar-refractivity contribution in [3.8, 4) is 0 Å². The number of alkyl halides is 5. The van der Waals surface area contributed by atoms with Crippen molar-refractivity contribution in [2.24, 2.45) is 0 Å². The molecule has 0 spiro atoms. The van der Waals surface area contributed by atoms with E-state index in [2.05, 4.69) is 4.74 Å². The van der Waals surface area contributed by atoms with Gasteiger partial charge in [-0.05, 0) is 0 Å². The second-order valence-corrected chi connectivity index (χ2v) is 1.47. The maximum atomic E-state index is 11.6. The first kappa shape index (κ1) is 10.3. The van der Waals surface area contributed by atoms with Gasteiger partial charge in [0.25, 0.3) is 0 Å². The van der Waals surface area contributed by atoms with Crippen molar-refractivity contribution in [2.75, 3.05) is 0 Å². The summed E-state index contributed by atoms with van der Waals surface area (Å²) in [5.74, 6) is -2.49. The van der Waals surface area contributed by atoms with Gasteiger partial charge < -0.3 is 0 Å². The number of hydrogen-bond donors (Lipinski definition) is 0.